The highest BCUT2D eigenvalue weighted by Crippen LogP contribution is 2.65. The van der Waals surface area contributed by atoms with Crippen LogP contribution in [0.15, 0.2) is 66.2 Å². The van der Waals surface area contributed by atoms with Gasteiger partial charge in [-0.2, -0.15) is 5.01 Å². The van der Waals surface area contributed by atoms with Crippen molar-refractivity contribution in [3.8, 4) is 23.0 Å². The Kier molecular flexibility index (Phi) is 9.73. The molecule has 2 saturated heterocycles. The van der Waals surface area contributed by atoms with Crippen LogP contribution in [0.25, 0.3) is 0 Å². The number of hydrogen-bond acceptors (Lipinski definition) is 10. The summed E-state index contributed by atoms with van der Waals surface area (Å²) in [6.07, 6.45) is 1.97. The number of ether oxygens (including phenoxy) is 3. The summed E-state index contributed by atoms with van der Waals surface area (Å²) in [6, 6.07) is 14.6. The molecule has 4 aliphatic rings. The first-order valence-electron chi connectivity index (χ1n) is 17.3. The lowest BCUT2D eigenvalue weighted by atomic mass is 9.49. The molecule has 6 unspecified atom stereocenters. The molecule has 282 valence electrons. The van der Waals surface area contributed by atoms with Gasteiger partial charge in [-0.25, -0.2) is 0 Å². The summed E-state index contributed by atoms with van der Waals surface area (Å²) in [5, 5.41) is 21.7. The molecule has 2 aliphatic heterocycles. The number of carboxylic acids is 1. The molecule has 54 heavy (non-hydrogen) atoms. The number of rotatable bonds is 11. The molecular formula is C39H37Cl2N3O10. The van der Waals surface area contributed by atoms with Crippen LogP contribution in [0, 0.1) is 23.7 Å². The first kappa shape index (κ1) is 37.1. The van der Waals surface area contributed by atoms with Crippen molar-refractivity contribution in [3.05, 3.63) is 87.4 Å². The van der Waals surface area contributed by atoms with E-state index in [1.54, 1.807) is 48.5 Å². The lowest BCUT2D eigenvalue weighted by Gasteiger charge is -2.50. The number of anilines is 1. The number of hydrazine groups is 1. The van der Waals surface area contributed by atoms with Crippen LogP contribution in [0.5, 0.6) is 23.0 Å². The predicted molar refractivity (Wildman–Crippen MR) is 195 cm³/mol. The predicted octanol–water partition coefficient (Wildman–Crippen LogP) is 5.57. The van der Waals surface area contributed by atoms with Gasteiger partial charge >= 0.3 is 5.97 Å². The second kappa shape index (κ2) is 14.2. The van der Waals surface area contributed by atoms with Gasteiger partial charge in [0.25, 0.3) is 11.8 Å². The van der Waals surface area contributed by atoms with Crippen LogP contribution in [0.2, 0.25) is 10.0 Å². The van der Waals surface area contributed by atoms with Gasteiger partial charge in [0.2, 0.25) is 17.6 Å². The van der Waals surface area contributed by atoms with Crippen molar-refractivity contribution in [2.75, 3.05) is 33.3 Å². The number of nitrogens with zero attached hydrogens (tertiary/aromatic N) is 2. The van der Waals surface area contributed by atoms with Crippen molar-refractivity contribution in [1.82, 2.24) is 9.91 Å². The largest absolute Gasteiger partial charge is 0.502 e. The molecular weight excluding hydrogens is 741 g/mol. The zero-order valence-corrected chi connectivity index (χ0v) is 31.0. The molecule has 6 atom stereocenters. The Hall–Kier alpha value is -5.27. The monoisotopic (exact) mass is 777 g/mol. The number of likely N-dealkylation sites (tertiary alicyclic amines) is 1. The second-order valence-electron chi connectivity index (χ2n) is 13.8. The van der Waals surface area contributed by atoms with Crippen LogP contribution in [0.4, 0.5) is 5.69 Å². The highest BCUT2D eigenvalue weighted by Gasteiger charge is 2.70. The van der Waals surface area contributed by atoms with Crippen LogP contribution in [-0.4, -0.2) is 77.6 Å². The van der Waals surface area contributed by atoms with Gasteiger partial charge in [0.05, 0.1) is 55.2 Å². The summed E-state index contributed by atoms with van der Waals surface area (Å²) in [5.74, 6) is -7.01. The van der Waals surface area contributed by atoms with E-state index in [1.807, 2.05) is 6.08 Å². The number of methoxy groups -OCH3 is 3. The molecule has 2 aliphatic carbocycles. The maximum atomic E-state index is 15.4. The topological polar surface area (TPSA) is 172 Å². The maximum Gasteiger partial charge on any atom is 0.303 e. The summed E-state index contributed by atoms with van der Waals surface area (Å²) in [7, 11) is 4.27. The van der Waals surface area contributed by atoms with Gasteiger partial charge in [-0.05, 0) is 78.8 Å². The van der Waals surface area contributed by atoms with E-state index in [-0.39, 0.29) is 60.2 Å². The van der Waals surface area contributed by atoms with Crippen LogP contribution in [-0.2, 0) is 29.4 Å². The van der Waals surface area contributed by atoms with E-state index in [1.165, 1.54) is 27.4 Å². The highest BCUT2D eigenvalue weighted by atomic mass is 35.5. The van der Waals surface area contributed by atoms with Crippen molar-refractivity contribution in [3.63, 3.8) is 0 Å². The fourth-order valence-electron chi connectivity index (χ4n) is 8.97. The minimum absolute atomic E-state index is 0.0287. The molecule has 3 fully saturated rings. The number of imide groups is 2. The molecule has 13 nitrogen and oxygen atoms in total. The zero-order valence-electron chi connectivity index (χ0n) is 29.5. The Morgan fingerprint density at radius 1 is 0.907 bits per heavy atom. The van der Waals surface area contributed by atoms with Gasteiger partial charge in [-0.3, -0.25) is 34.3 Å². The van der Waals surface area contributed by atoms with Gasteiger partial charge in [0, 0.05) is 23.9 Å². The maximum absolute atomic E-state index is 15.4. The van der Waals surface area contributed by atoms with Gasteiger partial charge in [-0.15, -0.1) is 0 Å². The zero-order chi connectivity index (χ0) is 38.6. The Morgan fingerprint density at radius 2 is 1.59 bits per heavy atom. The van der Waals surface area contributed by atoms with Crippen LogP contribution >= 0.6 is 23.2 Å². The Morgan fingerprint density at radius 3 is 2.20 bits per heavy atom. The van der Waals surface area contributed by atoms with Crippen molar-refractivity contribution >= 4 is 58.5 Å². The van der Waals surface area contributed by atoms with Crippen LogP contribution in [0.3, 0.4) is 0 Å². The quantitative estimate of drug-likeness (QED) is 0.164. The third-order valence-electron chi connectivity index (χ3n) is 11.3. The number of benzene rings is 3. The third-order valence-corrected chi connectivity index (χ3v) is 11.8. The number of aromatic hydroxyl groups is 1. The van der Waals surface area contributed by atoms with Crippen molar-refractivity contribution < 1.29 is 48.4 Å². The van der Waals surface area contributed by atoms with E-state index in [0.717, 1.165) is 9.91 Å². The average Bonchev–Trinajstić information content (AvgIpc) is 3.53. The molecule has 4 amide bonds. The van der Waals surface area contributed by atoms with Gasteiger partial charge in [0.15, 0.2) is 11.5 Å². The number of carbonyl (C=O) groups is 5. The first-order valence-corrected chi connectivity index (χ1v) is 18.1. The van der Waals surface area contributed by atoms with Crippen molar-refractivity contribution in [1.29, 1.82) is 0 Å². The average molecular weight is 779 g/mol. The van der Waals surface area contributed by atoms with Crippen LogP contribution < -0.4 is 19.6 Å². The number of allylic oxidation sites excluding steroid dienone is 2. The first-order chi connectivity index (χ1) is 25.9. The number of aliphatic carboxylic acids is 1. The highest BCUT2D eigenvalue weighted by molar-refractivity contribution is 6.36. The van der Waals surface area contributed by atoms with Crippen LogP contribution in [0.1, 0.15) is 42.7 Å². The fraction of sp³-hybridized carbons (Fsp3) is 0.359. The number of phenols is 1. The molecule has 0 bridgehead atoms. The van der Waals surface area contributed by atoms with E-state index in [0.29, 0.717) is 27.5 Å². The number of nitrogens with one attached hydrogen (secondary N) is 1. The molecule has 0 spiro atoms. The molecule has 7 rings (SSSR count). The molecule has 0 aromatic heterocycles. The SMILES string of the molecule is COc1ccc(C23C(=O)N(Nc4ccc(Cl)cc4Cl)C(=O)C2CC2C(=CCC4C(=O)N(CCCC(=O)O)C(=O)C42)C3c2cc(OC)c(O)c(OC)c2)cc1. The van der Waals surface area contributed by atoms with Gasteiger partial charge in [0.1, 0.15) is 5.75 Å². The number of carboxylic acid groups (broad SMARTS) is 1. The molecule has 15 heteroatoms. The number of amides is 4. The number of halogens is 2. The summed E-state index contributed by atoms with van der Waals surface area (Å²) >= 11 is 12.7. The minimum Gasteiger partial charge on any atom is -0.502 e. The molecule has 2 heterocycles. The summed E-state index contributed by atoms with van der Waals surface area (Å²) in [4.78, 5) is 70.7. The number of hydrogen-bond donors (Lipinski definition) is 3. The second-order valence-corrected chi connectivity index (χ2v) is 14.7. The molecule has 3 N–H and O–H groups in total. The normalized spacial score (nSPS) is 25.9. The van der Waals surface area contributed by atoms with E-state index in [2.05, 4.69) is 5.43 Å². The smallest absolute Gasteiger partial charge is 0.303 e. The Balaban J connectivity index is 1.45. The summed E-state index contributed by atoms with van der Waals surface area (Å²) in [5.41, 5.74) is 3.16. The fourth-order valence-corrected chi connectivity index (χ4v) is 9.42. The molecule has 3 aromatic carbocycles. The number of phenolic OH excluding ortho intramolecular Hbond substituents is 1. The molecule has 1 saturated carbocycles. The van der Waals surface area contributed by atoms with E-state index < -0.39 is 64.6 Å². The van der Waals surface area contributed by atoms with Gasteiger partial charge in [-0.1, -0.05) is 47.0 Å². The van der Waals surface area contributed by atoms with E-state index in [9.17, 15) is 29.4 Å². The Bertz CT molecular complexity index is 2080. The van der Waals surface area contributed by atoms with Crippen molar-refractivity contribution in [2.24, 2.45) is 23.7 Å². The lowest BCUT2D eigenvalue weighted by Crippen LogP contribution is -2.53. The lowest BCUT2D eigenvalue weighted by molar-refractivity contribution is -0.142. The summed E-state index contributed by atoms with van der Waals surface area (Å²) < 4.78 is 16.6. The summed E-state index contributed by atoms with van der Waals surface area (Å²) in [6.45, 7) is -0.0506. The number of fused-ring (bicyclic) bond motifs is 4. The minimum atomic E-state index is -1.65. The molecule has 3 aromatic rings. The Labute approximate surface area is 320 Å². The third kappa shape index (κ3) is 5.72. The van der Waals surface area contributed by atoms with Gasteiger partial charge < -0.3 is 24.4 Å². The number of carbonyl (C=O) groups excluding carboxylic acids is 4. The standard InChI is InChI=1S/C39H37Cl2N3O10/c1-52-22-9-6-20(7-10-22)39-26(36(49)44(38(39)51)42-28-13-8-21(40)17-27(28)41)18-25-23(33(39)19-15-29(53-2)34(47)30(16-19)54-3)11-12-24-32(25)37(50)43(35(24)48)14-4-5-31(45)46/h6-11,13,15-17,24-26,32-33,42,47H,4-5,12,14,18H2,1-3H3,(H,45,46). The van der Waals surface area contributed by atoms with Crippen molar-refractivity contribution in [2.45, 2.75) is 37.0 Å². The molecule has 0 radical (unpaired) electrons. The van der Waals surface area contributed by atoms with E-state index in [4.69, 9.17) is 37.4 Å². The van der Waals surface area contributed by atoms with E-state index >= 15 is 4.79 Å².